The third-order valence-electron chi connectivity index (χ3n) is 1.70. The molecule has 0 aromatic heterocycles. The van der Waals surface area contributed by atoms with E-state index in [1.807, 2.05) is 0 Å². The average Bonchev–Trinajstić information content (AvgIpc) is 2.46. The summed E-state index contributed by atoms with van der Waals surface area (Å²) in [5.41, 5.74) is 2.64. The summed E-state index contributed by atoms with van der Waals surface area (Å²) in [5, 5.41) is 10.7. The summed E-state index contributed by atoms with van der Waals surface area (Å²) >= 11 is 4.96. The van der Waals surface area contributed by atoms with E-state index in [2.05, 4.69) is 28.0 Å². The van der Waals surface area contributed by atoms with Crippen molar-refractivity contribution in [3.05, 3.63) is 0 Å². The molecule has 0 amide bonds. The van der Waals surface area contributed by atoms with Crippen LogP contribution in [0.2, 0.25) is 0 Å². The summed E-state index contributed by atoms with van der Waals surface area (Å²) in [7, 11) is 0. The van der Waals surface area contributed by atoms with Crippen molar-refractivity contribution in [1.82, 2.24) is 10.7 Å². The highest BCUT2D eigenvalue weighted by atomic mass is 32.1. The summed E-state index contributed by atoms with van der Waals surface area (Å²) in [4.78, 5) is 0.673. The molecule has 0 bridgehead atoms. The minimum atomic E-state index is -0.0862. The summed E-state index contributed by atoms with van der Waals surface area (Å²) in [6, 6.07) is 0. The van der Waals surface area contributed by atoms with Gasteiger partial charge in [0.15, 0.2) is 6.17 Å². The predicted octanol–water partition coefficient (Wildman–Crippen LogP) is 1.39. The summed E-state index contributed by atoms with van der Waals surface area (Å²) < 4.78 is 0. The van der Waals surface area contributed by atoms with E-state index >= 15 is 0 Å². The van der Waals surface area contributed by atoms with Crippen molar-refractivity contribution < 1.29 is 0 Å². The van der Waals surface area contributed by atoms with Crippen molar-refractivity contribution in [2.24, 2.45) is 10.3 Å². The number of hydrogen-bond acceptors (Lipinski definition) is 4. The molecule has 1 heterocycles. The smallest absolute Gasteiger partial charge is 0.175 e. The van der Waals surface area contributed by atoms with E-state index in [0.29, 0.717) is 4.99 Å². The van der Waals surface area contributed by atoms with Crippen LogP contribution in [-0.2, 0) is 0 Å². The second-order valence-corrected chi connectivity index (χ2v) is 3.20. The maximum absolute atomic E-state index is 4.96. The van der Waals surface area contributed by atoms with E-state index in [9.17, 15) is 0 Å². The number of nitrogens with zero attached hydrogens (tertiary/aromatic N) is 2. The van der Waals surface area contributed by atoms with Gasteiger partial charge >= 0.3 is 0 Å². The van der Waals surface area contributed by atoms with Gasteiger partial charge in [0.1, 0.15) is 4.99 Å². The highest BCUT2D eigenvalue weighted by Gasteiger charge is 2.16. The number of nitrogens with one attached hydrogen (secondary N) is 2. The van der Waals surface area contributed by atoms with E-state index in [1.165, 1.54) is 19.3 Å². The van der Waals surface area contributed by atoms with Gasteiger partial charge in [-0.3, -0.25) is 5.32 Å². The minimum absolute atomic E-state index is 0.0862. The molecule has 1 atom stereocenters. The summed E-state index contributed by atoms with van der Waals surface area (Å²) in [5.74, 6) is 0. The van der Waals surface area contributed by atoms with Gasteiger partial charge in [0.25, 0.3) is 0 Å². The fraction of sp³-hybridized carbons (Fsp3) is 0.857. The van der Waals surface area contributed by atoms with Gasteiger partial charge in [0, 0.05) is 0 Å². The van der Waals surface area contributed by atoms with Crippen LogP contribution in [0.25, 0.3) is 0 Å². The molecular formula is C7H14N4S. The Hall–Kier alpha value is -0.550. The van der Waals surface area contributed by atoms with Crippen molar-refractivity contribution in [2.45, 2.75) is 32.4 Å². The number of unbranched alkanes of at least 4 members (excludes halogenated alkanes) is 2. The first-order valence-electron chi connectivity index (χ1n) is 4.27. The van der Waals surface area contributed by atoms with Crippen LogP contribution in [-0.4, -0.2) is 17.7 Å². The van der Waals surface area contributed by atoms with Crippen LogP contribution in [0.3, 0.4) is 0 Å². The van der Waals surface area contributed by atoms with Gasteiger partial charge in [-0.25, -0.2) is 5.43 Å². The molecule has 1 unspecified atom stereocenters. The largest absolute Gasteiger partial charge is 0.288 e. The first kappa shape index (κ1) is 9.54. The van der Waals surface area contributed by atoms with Crippen LogP contribution in [0.4, 0.5) is 0 Å². The minimum Gasteiger partial charge on any atom is -0.288 e. The first-order valence-corrected chi connectivity index (χ1v) is 4.68. The Morgan fingerprint density at radius 2 is 2.42 bits per heavy atom. The molecule has 12 heavy (non-hydrogen) atoms. The van der Waals surface area contributed by atoms with Gasteiger partial charge < -0.3 is 0 Å². The zero-order valence-electron chi connectivity index (χ0n) is 7.21. The summed E-state index contributed by atoms with van der Waals surface area (Å²) in [6.45, 7) is 3.14. The Bertz CT molecular complexity index is 180. The molecule has 68 valence electrons. The predicted molar refractivity (Wildman–Crippen MR) is 51.9 cm³/mol. The Kier molecular flexibility index (Phi) is 4.10. The number of rotatable bonds is 5. The SMILES string of the molecule is CCCCCNC1N=NNC1=S. The molecule has 2 N–H and O–H groups in total. The second kappa shape index (κ2) is 5.16. The lowest BCUT2D eigenvalue weighted by atomic mass is 10.2. The molecule has 4 nitrogen and oxygen atoms in total. The van der Waals surface area contributed by atoms with Crippen LogP contribution in [0.15, 0.2) is 10.3 Å². The Balaban J connectivity index is 2.06. The first-order chi connectivity index (χ1) is 5.84. The van der Waals surface area contributed by atoms with Crippen molar-refractivity contribution in [3.8, 4) is 0 Å². The van der Waals surface area contributed by atoms with Crippen LogP contribution < -0.4 is 10.7 Å². The molecule has 1 aliphatic heterocycles. The van der Waals surface area contributed by atoms with Gasteiger partial charge in [-0.2, -0.15) is 0 Å². The molecule has 0 spiro atoms. The fourth-order valence-corrected chi connectivity index (χ4v) is 1.17. The van der Waals surface area contributed by atoms with Crippen LogP contribution >= 0.6 is 12.2 Å². The molecule has 0 aliphatic carbocycles. The maximum atomic E-state index is 4.96. The lowest BCUT2D eigenvalue weighted by Crippen LogP contribution is -2.35. The molecule has 0 saturated carbocycles. The number of hydrogen-bond donors (Lipinski definition) is 2. The Morgan fingerprint density at radius 3 is 3.00 bits per heavy atom. The van der Waals surface area contributed by atoms with Gasteiger partial charge in [-0.15, -0.1) is 5.11 Å². The molecule has 0 saturated heterocycles. The van der Waals surface area contributed by atoms with Crippen LogP contribution in [0.5, 0.6) is 0 Å². The van der Waals surface area contributed by atoms with Gasteiger partial charge in [-0.1, -0.05) is 37.2 Å². The van der Waals surface area contributed by atoms with Crippen molar-refractivity contribution in [3.63, 3.8) is 0 Å². The van der Waals surface area contributed by atoms with Crippen LogP contribution in [0, 0.1) is 0 Å². The Labute approximate surface area is 77.8 Å². The van der Waals surface area contributed by atoms with Crippen molar-refractivity contribution >= 4 is 17.2 Å². The zero-order valence-corrected chi connectivity index (χ0v) is 8.02. The topological polar surface area (TPSA) is 48.8 Å². The van der Waals surface area contributed by atoms with Crippen LogP contribution in [0.1, 0.15) is 26.2 Å². The highest BCUT2D eigenvalue weighted by molar-refractivity contribution is 7.80. The fourth-order valence-electron chi connectivity index (χ4n) is 0.997. The van der Waals surface area contributed by atoms with E-state index in [4.69, 9.17) is 12.2 Å². The third kappa shape index (κ3) is 2.83. The lowest BCUT2D eigenvalue weighted by molar-refractivity contribution is 0.587. The van der Waals surface area contributed by atoms with E-state index in [0.717, 1.165) is 6.54 Å². The zero-order chi connectivity index (χ0) is 8.81. The molecule has 5 heteroatoms. The molecule has 0 radical (unpaired) electrons. The molecule has 0 fully saturated rings. The maximum Gasteiger partial charge on any atom is 0.175 e. The molecule has 1 aliphatic rings. The quantitative estimate of drug-likeness (QED) is 0.504. The van der Waals surface area contributed by atoms with Gasteiger partial charge in [-0.05, 0) is 13.0 Å². The van der Waals surface area contributed by atoms with E-state index in [1.54, 1.807) is 0 Å². The third-order valence-corrected chi connectivity index (χ3v) is 2.01. The molecule has 1 rings (SSSR count). The van der Waals surface area contributed by atoms with Gasteiger partial charge in [0.2, 0.25) is 0 Å². The standard InChI is InChI=1S/C7H14N4S/c1-2-3-4-5-8-6-7(12)10-11-9-6/h6,8H,2-5H2,1H3,(H,9,10,12). The van der Waals surface area contributed by atoms with E-state index < -0.39 is 0 Å². The van der Waals surface area contributed by atoms with Crippen molar-refractivity contribution in [2.75, 3.05) is 6.54 Å². The Morgan fingerprint density at radius 1 is 1.58 bits per heavy atom. The molecule has 0 aromatic rings. The van der Waals surface area contributed by atoms with E-state index in [-0.39, 0.29) is 6.17 Å². The summed E-state index contributed by atoms with van der Waals surface area (Å²) in [6.07, 6.45) is 3.57. The van der Waals surface area contributed by atoms with Gasteiger partial charge in [0.05, 0.1) is 0 Å². The van der Waals surface area contributed by atoms with Crippen molar-refractivity contribution in [1.29, 1.82) is 0 Å². The molecule has 0 aromatic carbocycles. The monoisotopic (exact) mass is 186 g/mol. The molecular weight excluding hydrogens is 172 g/mol. The lowest BCUT2D eigenvalue weighted by Gasteiger charge is -2.06. The number of thiocarbonyl (C=S) groups is 1. The second-order valence-electron chi connectivity index (χ2n) is 2.76. The normalized spacial score (nSPS) is 21.4. The highest BCUT2D eigenvalue weighted by Crippen LogP contribution is 1.99. The average molecular weight is 186 g/mol.